The Morgan fingerprint density at radius 2 is 1.83 bits per heavy atom. The number of fused-ring (bicyclic) bond motifs is 6. The third-order valence-electron chi connectivity index (χ3n) is 11.7. The summed E-state index contributed by atoms with van der Waals surface area (Å²) in [4.78, 5) is 14.9. The zero-order valence-corrected chi connectivity index (χ0v) is 27.3. The molecule has 4 aromatic rings. The molecule has 9 heteroatoms. The van der Waals surface area contributed by atoms with Gasteiger partial charge in [-0.15, -0.1) is 0 Å². The minimum Gasteiger partial charge on any atom is -0.463 e. The van der Waals surface area contributed by atoms with E-state index in [1.807, 2.05) is 30.3 Å². The van der Waals surface area contributed by atoms with Gasteiger partial charge >= 0.3 is 6.01 Å². The molecule has 9 rings (SSSR count). The number of aryl methyl sites for hydroxylation is 1. The van der Waals surface area contributed by atoms with Gasteiger partial charge < -0.3 is 25.4 Å². The van der Waals surface area contributed by atoms with Crippen LogP contribution >= 0.6 is 0 Å². The molecule has 3 N–H and O–H groups in total. The van der Waals surface area contributed by atoms with Crippen LogP contribution in [0.1, 0.15) is 57.4 Å². The minimum atomic E-state index is -0.352. The van der Waals surface area contributed by atoms with E-state index in [0.717, 1.165) is 92.5 Å². The molecule has 4 aliphatic heterocycles. The van der Waals surface area contributed by atoms with E-state index in [9.17, 15) is 0 Å². The van der Waals surface area contributed by atoms with Gasteiger partial charge in [-0.1, -0.05) is 31.2 Å². The maximum Gasteiger partial charge on any atom is 0.319 e. The summed E-state index contributed by atoms with van der Waals surface area (Å²) < 4.78 is 29.4. The summed E-state index contributed by atoms with van der Waals surface area (Å²) in [5, 5.41) is 6.56. The van der Waals surface area contributed by atoms with Gasteiger partial charge in [0.05, 0.1) is 19.8 Å². The maximum absolute atomic E-state index is 17.1. The van der Waals surface area contributed by atoms with E-state index < -0.39 is 0 Å². The quantitative estimate of drug-likeness (QED) is 0.225. The number of rotatable bonds is 8. The summed E-state index contributed by atoms with van der Waals surface area (Å²) in [6.45, 7) is 7.08. The molecule has 8 nitrogen and oxygen atoms in total. The normalized spacial score (nSPS) is 26.6. The molecule has 5 aliphatic rings. The van der Waals surface area contributed by atoms with Crippen LogP contribution in [0, 0.1) is 11.2 Å². The number of aromatic nitrogens is 2. The van der Waals surface area contributed by atoms with E-state index in [0.29, 0.717) is 47.5 Å². The fourth-order valence-electron chi connectivity index (χ4n) is 8.91. The van der Waals surface area contributed by atoms with Gasteiger partial charge in [0.25, 0.3) is 0 Å². The molecule has 4 atom stereocenters. The molecule has 1 aliphatic carbocycles. The lowest BCUT2D eigenvalue weighted by molar-refractivity contribution is -0.0271. The third kappa shape index (κ3) is 5.31. The summed E-state index contributed by atoms with van der Waals surface area (Å²) in [5.41, 5.74) is 9.88. The predicted octanol–water partition coefficient (Wildman–Crippen LogP) is 6.09. The zero-order valence-electron chi connectivity index (χ0n) is 27.3. The Balaban J connectivity index is 1.11. The molecule has 246 valence electrons. The number of nitrogen functional groups attached to an aromatic ring is 1. The number of halogens is 1. The van der Waals surface area contributed by atoms with E-state index in [-0.39, 0.29) is 17.2 Å². The minimum absolute atomic E-state index is 0.0970. The van der Waals surface area contributed by atoms with E-state index in [4.69, 9.17) is 25.2 Å². The first-order valence-corrected chi connectivity index (χ1v) is 17.8. The van der Waals surface area contributed by atoms with Crippen molar-refractivity contribution in [3.63, 3.8) is 0 Å². The molecule has 0 radical (unpaired) electrons. The lowest BCUT2D eigenvalue weighted by atomic mass is 9.92. The Labute approximate surface area is 275 Å². The average molecular weight is 637 g/mol. The van der Waals surface area contributed by atoms with Crippen molar-refractivity contribution < 1.29 is 13.9 Å². The van der Waals surface area contributed by atoms with Gasteiger partial charge in [0.2, 0.25) is 0 Å². The summed E-state index contributed by atoms with van der Waals surface area (Å²) in [6.07, 6.45) is 8.95. The van der Waals surface area contributed by atoms with Crippen molar-refractivity contribution in [2.45, 2.75) is 82.5 Å². The zero-order chi connectivity index (χ0) is 31.7. The number of nitrogens with two attached hydrogens (primary N) is 1. The largest absolute Gasteiger partial charge is 0.463 e. The number of hydrogen-bond donors (Lipinski definition) is 2. The molecule has 0 spiro atoms. The van der Waals surface area contributed by atoms with Crippen LogP contribution in [-0.2, 0) is 11.2 Å². The van der Waals surface area contributed by atoms with E-state index in [1.165, 1.54) is 24.8 Å². The number of hydrogen-bond acceptors (Lipinski definition) is 8. The second-order valence-corrected chi connectivity index (χ2v) is 14.8. The highest BCUT2D eigenvalue weighted by Crippen LogP contribution is 2.49. The number of nitrogens with one attached hydrogen (secondary N) is 1. The van der Waals surface area contributed by atoms with Crippen LogP contribution < -0.4 is 20.7 Å². The predicted molar refractivity (Wildman–Crippen MR) is 185 cm³/mol. The highest BCUT2D eigenvalue weighted by molar-refractivity contribution is 6.03. The smallest absolute Gasteiger partial charge is 0.319 e. The van der Waals surface area contributed by atoms with Crippen LogP contribution in [0.15, 0.2) is 42.5 Å². The molecule has 1 aromatic heterocycles. The molecule has 0 amide bonds. The highest BCUT2D eigenvalue weighted by atomic mass is 19.1. The molecule has 47 heavy (non-hydrogen) atoms. The molecule has 2 unspecified atom stereocenters. The second-order valence-electron chi connectivity index (χ2n) is 14.8. The number of nitrogens with zero attached hydrogens (tertiary/aromatic N) is 4. The Hall–Kier alpha value is -3.53. The van der Waals surface area contributed by atoms with Gasteiger partial charge in [-0.25, -0.2) is 4.39 Å². The van der Waals surface area contributed by atoms with Gasteiger partial charge in [-0.05, 0) is 91.5 Å². The van der Waals surface area contributed by atoms with Gasteiger partial charge in [0.15, 0.2) is 5.82 Å². The summed E-state index contributed by atoms with van der Waals surface area (Å²) in [5.74, 6) is 0.418. The van der Waals surface area contributed by atoms with Crippen LogP contribution in [0.25, 0.3) is 32.8 Å². The Kier molecular flexibility index (Phi) is 7.28. The van der Waals surface area contributed by atoms with Crippen molar-refractivity contribution >= 4 is 33.2 Å². The van der Waals surface area contributed by atoms with Crippen molar-refractivity contribution in [2.24, 2.45) is 5.41 Å². The fraction of sp³-hybridized carbons (Fsp3) is 0.526. The lowest BCUT2D eigenvalue weighted by Gasteiger charge is -2.37. The highest BCUT2D eigenvalue weighted by Gasteiger charge is 2.49. The first-order valence-electron chi connectivity index (χ1n) is 17.8. The van der Waals surface area contributed by atoms with Crippen LogP contribution in [-0.4, -0.2) is 78.5 Å². The van der Waals surface area contributed by atoms with Crippen molar-refractivity contribution in [2.75, 3.05) is 50.1 Å². The molecule has 1 saturated carbocycles. The van der Waals surface area contributed by atoms with Crippen molar-refractivity contribution in [1.82, 2.24) is 20.2 Å². The summed E-state index contributed by atoms with van der Waals surface area (Å²) >= 11 is 0. The Bertz CT molecular complexity index is 1830. The van der Waals surface area contributed by atoms with Crippen molar-refractivity contribution in [1.29, 1.82) is 0 Å². The number of ether oxygens (including phenoxy) is 2. The standard InChI is InChI=1S/C38H45FN6O2/c1-2-23-4-3-5-24-16-25(40)17-32(33(23)24)30-10-11-31-35(34(30)39)42-37(43-36(31)44-15-12-26-6-7-27(18-44)41-26)47-22-38(13-14-38)21-45-28-8-9-29(45)20-46-19-28/h3-5,10-11,16-17,26-29,41H,2,6-9,12-15,18-22,40H2,1H3/t26-,27+,28?,29?/m1/s1. The van der Waals surface area contributed by atoms with Gasteiger partial charge in [0, 0.05) is 65.9 Å². The van der Waals surface area contributed by atoms with E-state index in [1.54, 1.807) is 0 Å². The first kappa shape index (κ1) is 29.6. The molecule has 4 saturated heterocycles. The first-order chi connectivity index (χ1) is 23.0. The Morgan fingerprint density at radius 3 is 2.64 bits per heavy atom. The molecule has 3 aromatic carbocycles. The molecular formula is C38H45FN6O2. The number of benzene rings is 3. The second kappa shape index (κ2) is 11.6. The van der Waals surface area contributed by atoms with Crippen LogP contribution in [0.2, 0.25) is 0 Å². The van der Waals surface area contributed by atoms with Crippen molar-refractivity contribution in [3.05, 3.63) is 53.8 Å². The molecule has 5 fully saturated rings. The summed E-state index contributed by atoms with van der Waals surface area (Å²) in [6, 6.07) is 16.2. The van der Waals surface area contributed by atoms with Crippen LogP contribution in [0.4, 0.5) is 15.9 Å². The monoisotopic (exact) mass is 636 g/mol. The van der Waals surface area contributed by atoms with E-state index in [2.05, 4.69) is 34.2 Å². The number of morpholine rings is 1. The maximum atomic E-state index is 17.1. The van der Waals surface area contributed by atoms with Gasteiger partial charge in [-0.2, -0.15) is 9.97 Å². The molecule has 5 heterocycles. The Morgan fingerprint density at radius 1 is 1.00 bits per heavy atom. The number of anilines is 2. The third-order valence-corrected chi connectivity index (χ3v) is 11.7. The van der Waals surface area contributed by atoms with Crippen LogP contribution in [0.5, 0.6) is 6.01 Å². The van der Waals surface area contributed by atoms with Gasteiger partial charge in [0.1, 0.15) is 11.3 Å². The molecular weight excluding hydrogens is 591 g/mol. The lowest BCUT2D eigenvalue weighted by Crippen LogP contribution is -2.49. The molecule has 4 bridgehead atoms. The van der Waals surface area contributed by atoms with Crippen LogP contribution in [0.3, 0.4) is 0 Å². The van der Waals surface area contributed by atoms with E-state index >= 15 is 4.39 Å². The fourth-order valence-corrected chi connectivity index (χ4v) is 8.91. The van der Waals surface area contributed by atoms with Crippen molar-refractivity contribution in [3.8, 4) is 17.1 Å². The topological polar surface area (TPSA) is 88.8 Å². The SMILES string of the molecule is CCc1cccc2cc(N)cc(-c3ccc4c(N5CC[C@H]6CC[C@@H](C5)N6)nc(OCC5(CN6C7CCC6COC7)CC5)nc4c3F)c12. The average Bonchev–Trinajstić information content (AvgIpc) is 3.70. The summed E-state index contributed by atoms with van der Waals surface area (Å²) in [7, 11) is 0. The van der Waals surface area contributed by atoms with Gasteiger partial charge in [-0.3, -0.25) is 4.90 Å².